The van der Waals surface area contributed by atoms with Crippen LogP contribution in [0.2, 0.25) is 0 Å². The highest BCUT2D eigenvalue weighted by atomic mass is 79.9. The minimum Gasteiger partial charge on any atom is -0.309 e. The van der Waals surface area contributed by atoms with E-state index in [4.69, 9.17) is 0 Å². The first-order valence-corrected chi connectivity index (χ1v) is 6.16. The normalized spacial score (nSPS) is 25.9. The van der Waals surface area contributed by atoms with E-state index in [1.165, 1.54) is 34.9 Å². The summed E-state index contributed by atoms with van der Waals surface area (Å²) in [5.74, 6) is 0.906. The van der Waals surface area contributed by atoms with Crippen LogP contribution in [0.4, 0.5) is 0 Å². The fourth-order valence-electron chi connectivity index (χ4n) is 2.44. The van der Waals surface area contributed by atoms with Gasteiger partial charge in [0, 0.05) is 10.5 Å². The smallest absolute Gasteiger partial charge is 0.0351 e. The van der Waals surface area contributed by atoms with Crippen LogP contribution < -0.4 is 5.32 Å². The van der Waals surface area contributed by atoms with Crippen molar-refractivity contribution in [1.82, 2.24) is 5.32 Å². The molecule has 0 spiro atoms. The Morgan fingerprint density at radius 2 is 2.14 bits per heavy atom. The summed E-state index contributed by atoms with van der Waals surface area (Å²) in [6, 6.07) is 7.24. The predicted molar refractivity (Wildman–Crippen MR) is 61.3 cm³/mol. The third-order valence-electron chi connectivity index (χ3n) is 3.32. The quantitative estimate of drug-likeness (QED) is 0.810. The van der Waals surface area contributed by atoms with E-state index in [9.17, 15) is 0 Å². The van der Waals surface area contributed by atoms with Crippen molar-refractivity contribution in [1.29, 1.82) is 0 Å². The molecule has 1 aliphatic heterocycles. The van der Waals surface area contributed by atoms with E-state index < -0.39 is 0 Å². The molecule has 1 atom stereocenters. The van der Waals surface area contributed by atoms with Gasteiger partial charge >= 0.3 is 0 Å². The van der Waals surface area contributed by atoms with E-state index in [1.807, 2.05) is 0 Å². The first-order valence-electron chi connectivity index (χ1n) is 5.37. The van der Waals surface area contributed by atoms with Crippen LogP contribution >= 0.6 is 15.9 Å². The molecular weight excluding hydrogens is 238 g/mol. The van der Waals surface area contributed by atoms with E-state index in [-0.39, 0.29) is 0 Å². The van der Waals surface area contributed by atoms with Gasteiger partial charge < -0.3 is 5.32 Å². The number of hydrogen-bond acceptors (Lipinski definition) is 1. The van der Waals surface area contributed by atoms with Crippen molar-refractivity contribution in [3.05, 3.63) is 33.8 Å². The Labute approximate surface area is 93.0 Å². The summed E-state index contributed by atoms with van der Waals surface area (Å²) in [7, 11) is 0. The van der Waals surface area contributed by atoms with Crippen LogP contribution in [-0.2, 0) is 6.42 Å². The van der Waals surface area contributed by atoms with Crippen molar-refractivity contribution in [3.8, 4) is 0 Å². The molecule has 3 rings (SSSR count). The highest BCUT2D eigenvalue weighted by Crippen LogP contribution is 2.44. The van der Waals surface area contributed by atoms with Gasteiger partial charge in [-0.05, 0) is 48.9 Å². The monoisotopic (exact) mass is 251 g/mol. The predicted octanol–water partition coefficient (Wildman–Crippen LogP) is 3.05. The second-order valence-electron chi connectivity index (χ2n) is 4.33. The van der Waals surface area contributed by atoms with Crippen molar-refractivity contribution >= 4 is 15.9 Å². The van der Waals surface area contributed by atoms with Gasteiger partial charge in [0.15, 0.2) is 0 Å². The first-order chi connectivity index (χ1) is 6.86. The molecule has 0 amide bonds. The van der Waals surface area contributed by atoms with Crippen molar-refractivity contribution in [2.45, 2.75) is 25.3 Å². The van der Waals surface area contributed by atoms with Gasteiger partial charge in [0.05, 0.1) is 0 Å². The Kier molecular flexibility index (Phi) is 2.14. The molecule has 1 aliphatic carbocycles. The Bertz CT molecular complexity index is 357. The van der Waals surface area contributed by atoms with Gasteiger partial charge in [-0.2, -0.15) is 0 Å². The Morgan fingerprint density at radius 1 is 1.29 bits per heavy atom. The second kappa shape index (κ2) is 3.35. The highest BCUT2D eigenvalue weighted by molar-refractivity contribution is 9.10. The zero-order chi connectivity index (χ0) is 9.54. The molecule has 1 heterocycles. The lowest BCUT2D eigenvalue weighted by Crippen LogP contribution is -2.31. The Balaban J connectivity index is 2.05. The largest absolute Gasteiger partial charge is 0.309 e. The van der Waals surface area contributed by atoms with Gasteiger partial charge in [-0.1, -0.05) is 28.1 Å². The molecule has 74 valence electrons. The van der Waals surface area contributed by atoms with Gasteiger partial charge in [-0.3, -0.25) is 0 Å². The molecule has 1 saturated carbocycles. The van der Waals surface area contributed by atoms with Crippen LogP contribution in [0.3, 0.4) is 0 Å². The van der Waals surface area contributed by atoms with Crippen LogP contribution in [-0.4, -0.2) is 6.54 Å². The third kappa shape index (κ3) is 1.41. The molecule has 0 bridgehead atoms. The molecule has 0 aromatic heterocycles. The maximum absolute atomic E-state index is 3.65. The summed E-state index contributed by atoms with van der Waals surface area (Å²) in [6.07, 6.45) is 3.98. The summed E-state index contributed by atoms with van der Waals surface area (Å²) in [6.45, 7) is 1.14. The molecule has 1 unspecified atom stereocenters. The maximum Gasteiger partial charge on any atom is 0.0351 e. The number of hydrogen-bond donors (Lipinski definition) is 1. The van der Waals surface area contributed by atoms with E-state index >= 15 is 0 Å². The van der Waals surface area contributed by atoms with E-state index in [0.717, 1.165) is 12.5 Å². The zero-order valence-electron chi connectivity index (χ0n) is 8.09. The summed E-state index contributed by atoms with van der Waals surface area (Å²) in [4.78, 5) is 0. The first kappa shape index (κ1) is 8.93. The van der Waals surface area contributed by atoms with Crippen molar-refractivity contribution in [2.75, 3.05) is 6.54 Å². The molecule has 1 aromatic rings. The molecular formula is C12H14BrN. The SMILES string of the molecule is Brc1cccc2c1CCNC2C1CC1. The van der Waals surface area contributed by atoms with Gasteiger partial charge in [0.25, 0.3) is 0 Å². The second-order valence-corrected chi connectivity index (χ2v) is 5.18. The average Bonchev–Trinajstić information content (AvgIpc) is 3.01. The number of fused-ring (bicyclic) bond motifs is 1. The lowest BCUT2D eigenvalue weighted by molar-refractivity contribution is 0.457. The van der Waals surface area contributed by atoms with Crippen LogP contribution in [0.1, 0.15) is 30.0 Å². The van der Waals surface area contributed by atoms with E-state index in [1.54, 1.807) is 0 Å². The molecule has 2 heteroatoms. The van der Waals surface area contributed by atoms with Crippen LogP contribution in [0.15, 0.2) is 22.7 Å². The van der Waals surface area contributed by atoms with Crippen LogP contribution in [0.5, 0.6) is 0 Å². The summed E-state index contributed by atoms with van der Waals surface area (Å²) >= 11 is 3.65. The molecule has 1 nitrogen and oxygen atoms in total. The fourth-order valence-corrected chi connectivity index (χ4v) is 3.02. The highest BCUT2D eigenvalue weighted by Gasteiger charge is 2.34. The standard InChI is InChI=1S/C12H14BrN/c13-11-3-1-2-10-9(11)6-7-14-12(10)8-4-5-8/h1-3,8,12,14H,4-7H2. The van der Waals surface area contributed by atoms with Gasteiger partial charge in [0.1, 0.15) is 0 Å². The Hall–Kier alpha value is -0.340. The van der Waals surface area contributed by atoms with E-state index in [0.29, 0.717) is 6.04 Å². The minimum absolute atomic E-state index is 0.635. The van der Waals surface area contributed by atoms with Crippen molar-refractivity contribution in [3.63, 3.8) is 0 Å². The lowest BCUT2D eigenvalue weighted by Gasteiger charge is -2.27. The lowest BCUT2D eigenvalue weighted by atomic mass is 9.92. The van der Waals surface area contributed by atoms with Crippen LogP contribution in [0.25, 0.3) is 0 Å². The summed E-state index contributed by atoms with van der Waals surface area (Å²) < 4.78 is 1.29. The number of nitrogens with one attached hydrogen (secondary N) is 1. The van der Waals surface area contributed by atoms with Crippen LogP contribution in [0, 0.1) is 5.92 Å². The van der Waals surface area contributed by atoms with Gasteiger partial charge in [-0.25, -0.2) is 0 Å². The molecule has 14 heavy (non-hydrogen) atoms. The van der Waals surface area contributed by atoms with Gasteiger partial charge in [-0.15, -0.1) is 0 Å². The number of rotatable bonds is 1. The average molecular weight is 252 g/mol. The van der Waals surface area contributed by atoms with E-state index in [2.05, 4.69) is 39.4 Å². The number of benzene rings is 1. The zero-order valence-corrected chi connectivity index (χ0v) is 9.68. The molecule has 1 aromatic carbocycles. The minimum atomic E-state index is 0.635. The molecule has 1 N–H and O–H groups in total. The maximum atomic E-state index is 3.65. The van der Waals surface area contributed by atoms with Gasteiger partial charge in [0.2, 0.25) is 0 Å². The molecule has 2 aliphatic rings. The molecule has 0 radical (unpaired) electrons. The van der Waals surface area contributed by atoms with Crippen molar-refractivity contribution < 1.29 is 0 Å². The Morgan fingerprint density at radius 3 is 2.93 bits per heavy atom. The number of halogens is 1. The summed E-state index contributed by atoms with van der Waals surface area (Å²) in [5, 5.41) is 3.64. The molecule has 1 fully saturated rings. The molecule has 0 saturated heterocycles. The third-order valence-corrected chi connectivity index (χ3v) is 4.07. The summed E-state index contributed by atoms with van der Waals surface area (Å²) in [5.41, 5.74) is 3.07. The van der Waals surface area contributed by atoms with Crippen molar-refractivity contribution in [2.24, 2.45) is 5.92 Å². The fraction of sp³-hybridized carbons (Fsp3) is 0.500. The topological polar surface area (TPSA) is 12.0 Å².